The van der Waals surface area contributed by atoms with Crippen molar-refractivity contribution in [2.24, 2.45) is 0 Å². The molecule has 21 heavy (non-hydrogen) atoms. The van der Waals surface area contributed by atoms with E-state index in [2.05, 4.69) is 27.7 Å². The van der Waals surface area contributed by atoms with Gasteiger partial charge in [-0.05, 0) is 55.0 Å². The van der Waals surface area contributed by atoms with E-state index in [9.17, 15) is 4.39 Å². The molecule has 1 fully saturated rings. The van der Waals surface area contributed by atoms with Crippen molar-refractivity contribution in [3.63, 3.8) is 0 Å². The number of hydrogen-bond donors (Lipinski definition) is 2. The van der Waals surface area contributed by atoms with Gasteiger partial charge in [0.1, 0.15) is 11.5 Å². The van der Waals surface area contributed by atoms with Gasteiger partial charge in [0.2, 0.25) is 0 Å². The molecule has 2 aromatic rings. The quantitative estimate of drug-likeness (QED) is 0.902. The predicted molar refractivity (Wildman–Crippen MR) is 81.1 cm³/mol. The van der Waals surface area contributed by atoms with Crippen molar-refractivity contribution in [3.8, 4) is 11.3 Å². The molecule has 1 aromatic carbocycles. The maximum Gasteiger partial charge on any atom is 0.123 e. The van der Waals surface area contributed by atoms with Crippen LogP contribution in [0.25, 0.3) is 16.8 Å². The van der Waals surface area contributed by atoms with Crippen molar-refractivity contribution in [2.75, 3.05) is 6.54 Å². The first-order valence-corrected chi connectivity index (χ1v) is 7.27. The lowest BCUT2D eigenvalue weighted by atomic mass is 9.96. The van der Waals surface area contributed by atoms with Crippen molar-refractivity contribution < 1.29 is 4.39 Å². The van der Waals surface area contributed by atoms with Gasteiger partial charge in [-0.25, -0.2) is 4.39 Å². The molecule has 1 aromatic heterocycles. The van der Waals surface area contributed by atoms with E-state index in [1.807, 2.05) is 6.20 Å². The summed E-state index contributed by atoms with van der Waals surface area (Å²) in [6.45, 7) is 0.823. The van der Waals surface area contributed by atoms with E-state index in [1.54, 1.807) is 12.1 Å². The van der Waals surface area contributed by atoms with Gasteiger partial charge in [0.25, 0.3) is 0 Å². The van der Waals surface area contributed by atoms with Gasteiger partial charge in [-0.2, -0.15) is 5.10 Å². The van der Waals surface area contributed by atoms with Gasteiger partial charge in [-0.1, -0.05) is 6.08 Å². The zero-order valence-electron chi connectivity index (χ0n) is 11.6. The van der Waals surface area contributed by atoms with E-state index in [4.69, 9.17) is 0 Å². The minimum atomic E-state index is -0.223. The molecule has 106 valence electrons. The Kier molecular flexibility index (Phi) is 2.88. The molecule has 0 amide bonds. The van der Waals surface area contributed by atoms with Gasteiger partial charge in [-0.15, -0.1) is 0 Å². The first-order valence-electron chi connectivity index (χ1n) is 7.27. The molecule has 1 aliphatic heterocycles. The number of nitrogens with zero attached hydrogens (tertiary/aromatic N) is 1. The number of nitrogens with one attached hydrogen (secondary N) is 2. The van der Waals surface area contributed by atoms with E-state index < -0.39 is 0 Å². The lowest BCUT2D eigenvalue weighted by Gasteiger charge is -2.11. The molecule has 2 aliphatic rings. The monoisotopic (exact) mass is 281 g/mol. The Morgan fingerprint density at radius 3 is 2.62 bits per heavy atom. The molecular weight excluding hydrogens is 265 g/mol. The molecular formula is C17H16FN3. The van der Waals surface area contributed by atoms with Crippen LogP contribution in [0.4, 0.5) is 4.39 Å². The third kappa shape index (κ3) is 2.27. The lowest BCUT2D eigenvalue weighted by Crippen LogP contribution is -2.08. The minimum absolute atomic E-state index is 0.223. The minimum Gasteiger partial charge on any atom is -0.387 e. The van der Waals surface area contributed by atoms with Crippen LogP contribution < -0.4 is 5.32 Å². The molecule has 0 bridgehead atoms. The SMILES string of the molecule is Fc1ccc(-c2n[nH]c(C3CC3)c2C2=CCNC=C2)cc1. The summed E-state index contributed by atoms with van der Waals surface area (Å²) >= 11 is 0. The number of aromatic amines is 1. The second kappa shape index (κ2) is 4.88. The van der Waals surface area contributed by atoms with Crippen LogP contribution in [-0.4, -0.2) is 16.7 Å². The Labute approximate surface area is 122 Å². The van der Waals surface area contributed by atoms with Gasteiger partial charge in [0, 0.05) is 29.3 Å². The molecule has 4 heteroatoms. The summed E-state index contributed by atoms with van der Waals surface area (Å²) in [7, 11) is 0. The maximum absolute atomic E-state index is 13.1. The summed E-state index contributed by atoms with van der Waals surface area (Å²) < 4.78 is 13.1. The third-order valence-electron chi connectivity index (χ3n) is 4.01. The molecule has 0 saturated heterocycles. The van der Waals surface area contributed by atoms with Crippen LogP contribution in [0.1, 0.15) is 30.0 Å². The van der Waals surface area contributed by atoms with Crippen LogP contribution in [0, 0.1) is 5.82 Å². The van der Waals surface area contributed by atoms with E-state index in [0.717, 1.165) is 17.8 Å². The van der Waals surface area contributed by atoms with Gasteiger partial charge in [0.15, 0.2) is 0 Å². The molecule has 2 N–H and O–H groups in total. The summed E-state index contributed by atoms with van der Waals surface area (Å²) in [5.41, 5.74) is 5.43. The predicted octanol–water partition coefficient (Wildman–Crippen LogP) is 3.59. The van der Waals surface area contributed by atoms with E-state index in [1.165, 1.54) is 41.8 Å². The second-order valence-electron chi connectivity index (χ2n) is 5.54. The highest BCUT2D eigenvalue weighted by atomic mass is 19.1. The van der Waals surface area contributed by atoms with E-state index in [-0.39, 0.29) is 5.82 Å². The average Bonchev–Trinajstić information content (AvgIpc) is 3.28. The molecule has 3 nitrogen and oxygen atoms in total. The number of allylic oxidation sites excluding steroid dienone is 2. The average molecular weight is 281 g/mol. The summed E-state index contributed by atoms with van der Waals surface area (Å²) in [5.74, 6) is 0.366. The van der Waals surface area contributed by atoms with Crippen LogP contribution in [0.5, 0.6) is 0 Å². The zero-order valence-corrected chi connectivity index (χ0v) is 11.6. The Bertz CT molecular complexity index is 721. The molecule has 1 saturated carbocycles. The van der Waals surface area contributed by atoms with Crippen LogP contribution in [0.3, 0.4) is 0 Å². The van der Waals surface area contributed by atoms with Crippen molar-refractivity contribution in [1.82, 2.24) is 15.5 Å². The maximum atomic E-state index is 13.1. The number of halogens is 1. The number of hydrogen-bond acceptors (Lipinski definition) is 2. The first-order chi connectivity index (χ1) is 10.3. The molecule has 4 rings (SSSR count). The standard InChI is InChI=1S/C17H16FN3/c18-14-5-3-13(4-6-14)17-15(11-7-9-19-10-8-11)16(20-21-17)12-1-2-12/h3-9,12,19H,1-2,10H2,(H,20,21). The molecule has 0 atom stereocenters. The summed E-state index contributed by atoms with van der Waals surface area (Å²) in [4.78, 5) is 0. The second-order valence-corrected chi connectivity index (χ2v) is 5.54. The fraction of sp³-hybridized carbons (Fsp3) is 0.235. The fourth-order valence-electron chi connectivity index (χ4n) is 2.77. The fourth-order valence-corrected chi connectivity index (χ4v) is 2.77. The molecule has 0 unspecified atom stereocenters. The van der Waals surface area contributed by atoms with E-state index >= 15 is 0 Å². The highest BCUT2D eigenvalue weighted by molar-refractivity contribution is 5.86. The highest BCUT2D eigenvalue weighted by Gasteiger charge is 2.31. The first kappa shape index (κ1) is 12.4. The van der Waals surface area contributed by atoms with Crippen molar-refractivity contribution in [3.05, 3.63) is 59.7 Å². The van der Waals surface area contributed by atoms with Crippen LogP contribution >= 0.6 is 0 Å². The summed E-state index contributed by atoms with van der Waals surface area (Å²) in [5, 5.41) is 10.9. The Morgan fingerprint density at radius 2 is 1.95 bits per heavy atom. The van der Waals surface area contributed by atoms with Gasteiger partial charge in [-0.3, -0.25) is 5.10 Å². The van der Waals surface area contributed by atoms with Crippen LogP contribution in [0.2, 0.25) is 0 Å². The van der Waals surface area contributed by atoms with Gasteiger partial charge < -0.3 is 5.32 Å². The number of rotatable bonds is 3. The number of dihydropyridines is 1. The molecule has 2 heterocycles. The van der Waals surface area contributed by atoms with Crippen molar-refractivity contribution in [1.29, 1.82) is 0 Å². The normalized spacial score (nSPS) is 17.5. The lowest BCUT2D eigenvalue weighted by molar-refractivity contribution is 0.628. The summed E-state index contributed by atoms with van der Waals surface area (Å²) in [6.07, 6.45) is 8.64. The van der Waals surface area contributed by atoms with Crippen LogP contribution in [-0.2, 0) is 0 Å². The van der Waals surface area contributed by atoms with Crippen LogP contribution in [0.15, 0.2) is 42.6 Å². The smallest absolute Gasteiger partial charge is 0.123 e. The Balaban J connectivity index is 1.85. The number of aromatic nitrogens is 2. The zero-order chi connectivity index (χ0) is 14.2. The topological polar surface area (TPSA) is 40.7 Å². The largest absolute Gasteiger partial charge is 0.387 e. The number of benzene rings is 1. The third-order valence-corrected chi connectivity index (χ3v) is 4.01. The molecule has 0 radical (unpaired) electrons. The number of H-pyrrole nitrogens is 1. The summed E-state index contributed by atoms with van der Waals surface area (Å²) in [6, 6.07) is 6.54. The Hall–Kier alpha value is -2.36. The van der Waals surface area contributed by atoms with Gasteiger partial charge >= 0.3 is 0 Å². The molecule has 1 aliphatic carbocycles. The van der Waals surface area contributed by atoms with Crippen molar-refractivity contribution in [2.45, 2.75) is 18.8 Å². The molecule has 0 spiro atoms. The van der Waals surface area contributed by atoms with E-state index in [0.29, 0.717) is 5.92 Å². The Morgan fingerprint density at radius 1 is 1.14 bits per heavy atom. The van der Waals surface area contributed by atoms with Gasteiger partial charge in [0.05, 0.1) is 0 Å². The highest BCUT2D eigenvalue weighted by Crippen LogP contribution is 2.45. The van der Waals surface area contributed by atoms with Crippen molar-refractivity contribution >= 4 is 5.57 Å².